The number of aryl methyl sites for hydroxylation is 1. The van der Waals surface area contributed by atoms with Crippen molar-refractivity contribution in [2.75, 3.05) is 18.1 Å². The molecule has 1 atom stereocenters. The molecule has 7 heteroatoms. The van der Waals surface area contributed by atoms with E-state index in [-0.39, 0.29) is 19.1 Å². The summed E-state index contributed by atoms with van der Waals surface area (Å²) in [6.45, 7) is 5.94. The fourth-order valence-electron chi connectivity index (χ4n) is 3.14. The quantitative estimate of drug-likeness (QED) is 0.674. The first-order chi connectivity index (χ1) is 13.1. The number of hydrogen-bond acceptors (Lipinski definition) is 6. The van der Waals surface area contributed by atoms with Crippen LogP contribution in [0.15, 0.2) is 23.6 Å². The van der Waals surface area contributed by atoms with Gasteiger partial charge in [-0.1, -0.05) is 13.8 Å². The lowest BCUT2D eigenvalue weighted by Gasteiger charge is -2.34. The third kappa shape index (κ3) is 3.98. The molecule has 1 aliphatic rings. The summed E-state index contributed by atoms with van der Waals surface area (Å²) in [4.78, 5) is 31.2. The van der Waals surface area contributed by atoms with Crippen LogP contribution >= 0.6 is 11.3 Å². The molecule has 0 radical (unpaired) electrons. The second-order valence-electron chi connectivity index (χ2n) is 6.29. The van der Waals surface area contributed by atoms with Crippen LogP contribution in [0.2, 0.25) is 0 Å². The molecule has 0 aliphatic carbocycles. The van der Waals surface area contributed by atoms with Crippen LogP contribution in [0.25, 0.3) is 11.3 Å². The number of thiazole rings is 1. The van der Waals surface area contributed by atoms with E-state index in [1.165, 1.54) is 4.90 Å². The SMILES string of the molecule is CCCc1nc(-c2ccc3c(c2)N(C(CC)C(=O)OCC)C(=O)CO3)cs1. The van der Waals surface area contributed by atoms with Crippen molar-refractivity contribution in [3.63, 3.8) is 0 Å². The number of nitrogens with zero attached hydrogens (tertiary/aromatic N) is 2. The van der Waals surface area contributed by atoms with Crippen LogP contribution in [0.4, 0.5) is 5.69 Å². The Morgan fingerprint density at radius 1 is 1.37 bits per heavy atom. The molecule has 1 aromatic carbocycles. The number of aromatic nitrogens is 1. The van der Waals surface area contributed by atoms with E-state index >= 15 is 0 Å². The topological polar surface area (TPSA) is 68.7 Å². The van der Waals surface area contributed by atoms with Crippen LogP contribution in [0, 0.1) is 0 Å². The molecule has 0 saturated carbocycles. The van der Waals surface area contributed by atoms with E-state index < -0.39 is 12.0 Å². The zero-order valence-corrected chi connectivity index (χ0v) is 16.7. The maximum absolute atomic E-state index is 12.6. The van der Waals surface area contributed by atoms with Crippen molar-refractivity contribution in [3.8, 4) is 17.0 Å². The van der Waals surface area contributed by atoms with Gasteiger partial charge in [0.2, 0.25) is 0 Å². The highest BCUT2D eigenvalue weighted by Crippen LogP contribution is 2.38. The van der Waals surface area contributed by atoms with E-state index in [9.17, 15) is 9.59 Å². The number of amides is 1. The Hall–Kier alpha value is -2.41. The maximum Gasteiger partial charge on any atom is 0.329 e. The largest absolute Gasteiger partial charge is 0.482 e. The Balaban J connectivity index is 1.99. The number of anilines is 1. The van der Waals surface area contributed by atoms with Crippen molar-refractivity contribution in [3.05, 3.63) is 28.6 Å². The summed E-state index contributed by atoms with van der Waals surface area (Å²) in [5.74, 6) is -0.0555. The number of esters is 1. The highest BCUT2D eigenvalue weighted by atomic mass is 32.1. The van der Waals surface area contributed by atoms with Crippen molar-refractivity contribution in [2.24, 2.45) is 0 Å². The van der Waals surface area contributed by atoms with Crippen LogP contribution in [-0.2, 0) is 20.7 Å². The van der Waals surface area contributed by atoms with Gasteiger partial charge in [0.15, 0.2) is 6.61 Å². The van der Waals surface area contributed by atoms with Crippen molar-refractivity contribution in [1.29, 1.82) is 0 Å². The van der Waals surface area contributed by atoms with Gasteiger partial charge in [-0.05, 0) is 44.4 Å². The number of carbonyl (C=O) groups excluding carboxylic acids is 2. The number of fused-ring (bicyclic) bond motifs is 1. The second kappa shape index (κ2) is 8.52. The van der Waals surface area contributed by atoms with Gasteiger partial charge in [-0.2, -0.15) is 0 Å². The fraction of sp³-hybridized carbons (Fsp3) is 0.450. The first-order valence-corrected chi connectivity index (χ1v) is 10.2. The van der Waals surface area contributed by atoms with E-state index in [0.717, 1.165) is 29.1 Å². The van der Waals surface area contributed by atoms with E-state index in [2.05, 4.69) is 11.9 Å². The van der Waals surface area contributed by atoms with Crippen LogP contribution < -0.4 is 9.64 Å². The van der Waals surface area contributed by atoms with Gasteiger partial charge in [-0.3, -0.25) is 9.69 Å². The van der Waals surface area contributed by atoms with Gasteiger partial charge in [-0.25, -0.2) is 9.78 Å². The highest BCUT2D eigenvalue weighted by Gasteiger charge is 2.36. The minimum Gasteiger partial charge on any atom is -0.482 e. The predicted molar refractivity (Wildman–Crippen MR) is 105 cm³/mol. The molecule has 6 nitrogen and oxygen atoms in total. The number of benzene rings is 1. The maximum atomic E-state index is 12.6. The van der Waals surface area contributed by atoms with E-state index in [1.807, 2.05) is 30.5 Å². The highest BCUT2D eigenvalue weighted by molar-refractivity contribution is 7.09. The normalized spacial score (nSPS) is 14.5. The minimum absolute atomic E-state index is 0.0837. The van der Waals surface area contributed by atoms with E-state index in [1.54, 1.807) is 18.3 Å². The minimum atomic E-state index is -0.665. The molecule has 2 aromatic rings. The molecule has 27 heavy (non-hydrogen) atoms. The van der Waals surface area contributed by atoms with Gasteiger partial charge in [0.1, 0.15) is 11.8 Å². The summed E-state index contributed by atoms with van der Waals surface area (Å²) < 4.78 is 10.7. The Bertz CT molecular complexity index is 833. The second-order valence-corrected chi connectivity index (χ2v) is 7.23. The van der Waals surface area contributed by atoms with Gasteiger partial charge in [0.05, 0.1) is 23.0 Å². The van der Waals surface area contributed by atoms with Crippen molar-refractivity contribution in [1.82, 2.24) is 4.98 Å². The Morgan fingerprint density at radius 2 is 2.19 bits per heavy atom. The average Bonchev–Trinajstić information content (AvgIpc) is 3.13. The number of ether oxygens (including phenoxy) is 2. The molecule has 1 amide bonds. The molecule has 2 heterocycles. The molecule has 0 fully saturated rings. The summed E-state index contributed by atoms with van der Waals surface area (Å²) >= 11 is 1.63. The Labute approximate surface area is 163 Å². The smallest absolute Gasteiger partial charge is 0.329 e. The molecule has 0 N–H and O–H groups in total. The molecule has 1 aromatic heterocycles. The predicted octanol–water partition coefficient (Wildman–Crippen LogP) is 3.83. The number of carbonyl (C=O) groups is 2. The van der Waals surface area contributed by atoms with Crippen LogP contribution in [0.3, 0.4) is 0 Å². The van der Waals surface area contributed by atoms with Crippen molar-refractivity contribution in [2.45, 2.75) is 46.1 Å². The summed E-state index contributed by atoms with van der Waals surface area (Å²) in [6, 6.07) is 4.98. The molecule has 0 bridgehead atoms. The van der Waals surface area contributed by atoms with Gasteiger partial charge >= 0.3 is 5.97 Å². The first-order valence-electron chi connectivity index (χ1n) is 9.29. The van der Waals surface area contributed by atoms with Crippen molar-refractivity contribution < 1.29 is 19.1 Å². The molecule has 1 aliphatic heterocycles. The zero-order valence-electron chi connectivity index (χ0n) is 15.9. The van der Waals surface area contributed by atoms with Gasteiger partial charge < -0.3 is 9.47 Å². The van der Waals surface area contributed by atoms with Crippen LogP contribution in [0.5, 0.6) is 5.75 Å². The van der Waals surface area contributed by atoms with Crippen molar-refractivity contribution >= 4 is 28.9 Å². The van der Waals surface area contributed by atoms with Crippen LogP contribution in [0.1, 0.15) is 38.6 Å². The summed E-state index contributed by atoms with van der Waals surface area (Å²) in [5.41, 5.74) is 2.36. The van der Waals surface area contributed by atoms with Gasteiger partial charge in [-0.15, -0.1) is 11.3 Å². The van der Waals surface area contributed by atoms with E-state index in [0.29, 0.717) is 17.9 Å². The Morgan fingerprint density at radius 3 is 2.89 bits per heavy atom. The first kappa shape index (κ1) is 19.4. The van der Waals surface area contributed by atoms with Crippen LogP contribution in [-0.4, -0.2) is 36.1 Å². The third-order valence-corrected chi connectivity index (χ3v) is 5.32. The van der Waals surface area contributed by atoms with Gasteiger partial charge in [0.25, 0.3) is 5.91 Å². The fourth-order valence-corrected chi connectivity index (χ4v) is 4.05. The lowest BCUT2D eigenvalue weighted by atomic mass is 10.1. The standard InChI is InChI=1S/C20H24N2O4S/c1-4-7-18-21-14(12-27-18)13-8-9-17-16(10-13)22(19(23)11-26-17)15(5-2)20(24)25-6-3/h8-10,12,15H,4-7,11H2,1-3H3. The molecular weight excluding hydrogens is 364 g/mol. The number of hydrogen-bond donors (Lipinski definition) is 0. The van der Waals surface area contributed by atoms with Gasteiger partial charge in [0, 0.05) is 10.9 Å². The number of rotatable bonds is 7. The Kier molecular flexibility index (Phi) is 6.11. The lowest BCUT2D eigenvalue weighted by molar-refractivity contribution is -0.146. The molecule has 144 valence electrons. The summed E-state index contributed by atoms with van der Waals surface area (Å²) in [6.07, 6.45) is 2.46. The van der Waals surface area contributed by atoms with E-state index in [4.69, 9.17) is 9.47 Å². The molecular formula is C20H24N2O4S. The summed E-state index contributed by atoms with van der Waals surface area (Å²) in [7, 11) is 0. The molecule has 0 saturated heterocycles. The average molecular weight is 388 g/mol. The zero-order chi connectivity index (χ0) is 19.4. The lowest BCUT2D eigenvalue weighted by Crippen LogP contribution is -2.49. The molecule has 3 rings (SSSR count). The molecule has 1 unspecified atom stereocenters. The monoisotopic (exact) mass is 388 g/mol. The summed E-state index contributed by atoms with van der Waals surface area (Å²) in [5, 5.41) is 3.11. The third-order valence-electron chi connectivity index (χ3n) is 4.41. The molecule has 0 spiro atoms.